The third kappa shape index (κ3) is 166. The molecule has 0 heterocycles. The topological polar surface area (TPSA) is 126 Å². The minimum atomic E-state index is -4.11. The van der Waals surface area contributed by atoms with Crippen LogP contribution in [-0.4, -0.2) is 68.0 Å². The predicted octanol–water partition coefficient (Wildman–Crippen LogP) is -6.14. The molecule has 0 unspecified atom stereocenters. The van der Waals surface area contributed by atoms with Crippen molar-refractivity contribution >= 4 is 68.0 Å². The Morgan fingerprint density at radius 1 is 0.778 bits per heavy atom. The summed E-state index contributed by atoms with van der Waals surface area (Å²) < 4.78 is 51.5. The van der Waals surface area contributed by atoms with Crippen LogP contribution in [-0.2, 0) is 6.21 Å². The summed E-state index contributed by atoms with van der Waals surface area (Å²) in [5, 5.41) is 0. The van der Waals surface area contributed by atoms with Crippen molar-refractivity contribution in [1.82, 2.24) is 0 Å². The Morgan fingerprint density at radius 3 is 0.778 bits per heavy atom. The maximum absolute atomic E-state index is 8.59. The average molecular weight is 558 g/mol. The fourth-order valence-corrected chi connectivity index (χ4v) is 0. The molecule has 0 rings (SSSR count). The minimum absolute atomic E-state index is 0. The molecule has 0 aliphatic heterocycles. The molecule has 6 nitrogen and oxygen atoms in total. The summed E-state index contributed by atoms with van der Waals surface area (Å²) in [7, 11) is 0. The van der Waals surface area contributed by atoms with Gasteiger partial charge in [0, 0.05) is 0 Å². The van der Waals surface area contributed by atoms with E-state index >= 15 is 0 Å². The van der Waals surface area contributed by atoms with Crippen LogP contribution in [0.2, 0.25) is 0 Å². The van der Waals surface area contributed by atoms with Gasteiger partial charge in [-0.15, -0.1) is 0 Å². The van der Waals surface area contributed by atoms with Gasteiger partial charge in [0.05, 0.1) is 0 Å². The first-order valence-electron chi connectivity index (χ1n) is 1.00. The molecule has 0 N–H and O–H groups in total. The van der Waals surface area contributed by atoms with Crippen molar-refractivity contribution in [1.29, 1.82) is 0 Å². The van der Waals surface area contributed by atoms with Gasteiger partial charge in [-0.05, 0) is 0 Å². The molecule has 0 aromatic heterocycles. The van der Waals surface area contributed by atoms with Crippen molar-refractivity contribution in [2.24, 2.45) is 0 Å². The summed E-state index contributed by atoms with van der Waals surface area (Å²) in [6.45, 7) is 0. The SMILES string of the molecule is O=[Te]([O-])[O-].O=[Te]([O-])[O-].[Pb+4]. The second-order valence-electron chi connectivity index (χ2n) is 0.408. The quantitative estimate of drug-likeness (QED) is 0.273. The van der Waals surface area contributed by atoms with Gasteiger partial charge in [0.15, 0.2) is 0 Å². The molecule has 0 amide bonds. The molecule has 0 aromatic rings. The van der Waals surface area contributed by atoms with Crippen LogP contribution in [0.15, 0.2) is 0 Å². The van der Waals surface area contributed by atoms with Gasteiger partial charge < -0.3 is 0 Å². The van der Waals surface area contributed by atoms with Crippen molar-refractivity contribution < 1.29 is 20.1 Å². The monoisotopic (exact) mass is 564 g/mol. The van der Waals surface area contributed by atoms with Gasteiger partial charge in [0.2, 0.25) is 0 Å². The van der Waals surface area contributed by atoms with E-state index in [0.29, 0.717) is 0 Å². The second kappa shape index (κ2) is 12.6. The third-order valence-electron chi connectivity index (χ3n) is 0. The molecule has 9 heteroatoms. The Hall–Kier alpha value is 1.94. The van der Waals surface area contributed by atoms with Gasteiger partial charge in [-0.2, -0.15) is 0 Å². The molecule has 0 bridgehead atoms. The number of hydrogen-bond acceptors (Lipinski definition) is 6. The molecule has 0 saturated carbocycles. The van der Waals surface area contributed by atoms with Crippen LogP contribution in [0, 0.1) is 0 Å². The maximum Gasteiger partial charge on any atom is 4.00 e. The first kappa shape index (κ1) is 17.1. The molecule has 0 aromatic carbocycles. The Bertz CT molecular complexity index is 69.1. The fourth-order valence-electron chi connectivity index (χ4n) is 0. The molecule has 0 radical (unpaired) electrons. The molecule has 0 aliphatic rings. The van der Waals surface area contributed by atoms with Gasteiger partial charge in [0.1, 0.15) is 0 Å². The second-order valence-corrected chi connectivity index (χ2v) is 2.74. The van der Waals surface area contributed by atoms with Gasteiger partial charge in [-0.1, -0.05) is 0 Å². The van der Waals surface area contributed by atoms with Gasteiger partial charge in [-0.3, -0.25) is 0 Å². The first-order chi connectivity index (χ1) is 3.46. The van der Waals surface area contributed by atoms with Crippen LogP contribution in [0.5, 0.6) is 0 Å². The number of rotatable bonds is 0. The summed E-state index contributed by atoms with van der Waals surface area (Å²) in [4.78, 5) is 0. The normalized spacial score (nSPS) is 7.78. The molecule has 52 valence electrons. The predicted molar refractivity (Wildman–Crippen MR) is 18.6 cm³/mol. The molecule has 0 aliphatic carbocycles. The zero-order chi connectivity index (χ0) is 7.15. The van der Waals surface area contributed by atoms with Crippen LogP contribution in [0.1, 0.15) is 0 Å². The van der Waals surface area contributed by atoms with E-state index in [2.05, 4.69) is 0 Å². The summed E-state index contributed by atoms with van der Waals surface area (Å²) in [6.07, 6.45) is 0. The van der Waals surface area contributed by atoms with E-state index in [0.717, 1.165) is 0 Å². The molecule has 0 fully saturated rings. The van der Waals surface area contributed by atoms with Crippen molar-refractivity contribution in [2.45, 2.75) is 0 Å². The van der Waals surface area contributed by atoms with Gasteiger partial charge in [-0.25, -0.2) is 0 Å². The molecule has 0 spiro atoms. The van der Waals surface area contributed by atoms with Crippen LogP contribution in [0.3, 0.4) is 0 Å². The van der Waals surface area contributed by atoms with E-state index in [-0.39, 0.29) is 27.3 Å². The number of hydrogen-bond donors (Lipinski definition) is 0. The standard InChI is InChI=1S/2H2O3Te.Pb/c2*1-4(2)3;/h2*(H2,1,2,3);/q;;+4/p-4. The van der Waals surface area contributed by atoms with Crippen LogP contribution in [0.4, 0.5) is 0 Å². The van der Waals surface area contributed by atoms with E-state index in [9.17, 15) is 0 Å². The Balaban J connectivity index is -0.0000000720. The van der Waals surface area contributed by atoms with E-state index in [1.54, 1.807) is 0 Å². The first-order valence-corrected chi connectivity index (χ1v) is 6.71. The summed E-state index contributed by atoms with van der Waals surface area (Å²) in [5.74, 6) is 0. The van der Waals surface area contributed by atoms with Gasteiger partial charge >= 0.3 is 88.1 Å². The van der Waals surface area contributed by atoms with E-state index in [1.165, 1.54) is 0 Å². The van der Waals surface area contributed by atoms with E-state index in [4.69, 9.17) is 20.1 Å². The van der Waals surface area contributed by atoms with Crippen molar-refractivity contribution in [2.75, 3.05) is 0 Å². The van der Waals surface area contributed by atoms with E-state index < -0.39 is 40.7 Å². The fraction of sp³-hybridized carbons (Fsp3) is 0. The largest absolute Gasteiger partial charge is 4.00 e. The summed E-state index contributed by atoms with van der Waals surface area (Å²) in [5.41, 5.74) is 0. The van der Waals surface area contributed by atoms with Crippen LogP contribution in [0.25, 0.3) is 0 Å². The van der Waals surface area contributed by atoms with E-state index in [1.807, 2.05) is 0 Å². The van der Waals surface area contributed by atoms with Crippen molar-refractivity contribution in [3.8, 4) is 0 Å². The van der Waals surface area contributed by atoms with Crippen molar-refractivity contribution in [3.05, 3.63) is 0 Å². The average Bonchev–Trinajstić information content (AvgIpc) is 1.25. The minimum Gasteiger partial charge on any atom is 4.00 e. The summed E-state index contributed by atoms with van der Waals surface area (Å²) >= 11 is -8.21. The Morgan fingerprint density at radius 2 is 0.778 bits per heavy atom. The molecule has 0 saturated heterocycles. The zero-order valence-electron chi connectivity index (χ0n) is 3.77. The summed E-state index contributed by atoms with van der Waals surface area (Å²) in [6, 6.07) is 0. The van der Waals surface area contributed by atoms with Crippen molar-refractivity contribution in [3.63, 3.8) is 0 Å². The Labute approximate surface area is 86.9 Å². The molecule has 9 heavy (non-hydrogen) atoms. The molecular weight excluding hydrogens is 558 g/mol. The maximum atomic E-state index is 8.59. The molecule has 0 atom stereocenters. The smallest absolute Gasteiger partial charge is 4.00 e. The van der Waals surface area contributed by atoms with Gasteiger partial charge in [0.25, 0.3) is 0 Å². The van der Waals surface area contributed by atoms with Crippen LogP contribution < -0.4 is 13.9 Å². The third-order valence-corrected chi connectivity index (χ3v) is 0. The van der Waals surface area contributed by atoms with Crippen LogP contribution >= 0.6 is 0 Å². The zero-order valence-corrected chi connectivity index (χ0v) is 12.3. The molecular formula is O6PbTe2. The Kier molecular flexibility index (Phi) is 24.0.